The molecule has 1 atom stereocenters. The molecule has 0 fully saturated rings. The van der Waals surface area contributed by atoms with E-state index in [0.717, 1.165) is 0 Å². The summed E-state index contributed by atoms with van der Waals surface area (Å²) in [5, 5.41) is -1.05. The Bertz CT molecular complexity index is 832. The van der Waals surface area contributed by atoms with Crippen molar-refractivity contribution in [1.29, 1.82) is 0 Å². The molecule has 0 heterocycles. The van der Waals surface area contributed by atoms with Crippen LogP contribution >= 0.6 is 15.9 Å². The number of halogens is 2. The average Bonchev–Trinajstić information content (AvgIpc) is 2.47. The number of benzene rings is 2. The Balaban J connectivity index is 2.40. The van der Waals surface area contributed by atoms with E-state index in [2.05, 4.69) is 15.9 Å². The molecule has 1 N–H and O–H groups in total. The molecule has 0 saturated heterocycles. The van der Waals surface area contributed by atoms with Crippen molar-refractivity contribution in [1.82, 2.24) is 0 Å². The first-order valence-corrected chi connectivity index (χ1v) is 9.09. The largest absolute Gasteiger partial charge is 0.289 e. The van der Waals surface area contributed by atoms with Gasteiger partial charge in [-0.25, -0.2) is 4.39 Å². The van der Waals surface area contributed by atoms with E-state index in [-0.39, 0.29) is 12.2 Å². The molecule has 0 saturated carbocycles. The van der Waals surface area contributed by atoms with E-state index < -0.39 is 21.2 Å². The fourth-order valence-electron chi connectivity index (χ4n) is 2.29. The molecular formula is C16H14BrFO4S. The molecule has 23 heavy (non-hydrogen) atoms. The van der Waals surface area contributed by atoms with Gasteiger partial charge in [-0.15, -0.1) is 0 Å². The highest BCUT2D eigenvalue weighted by Crippen LogP contribution is 2.30. The van der Waals surface area contributed by atoms with Crippen molar-refractivity contribution in [3.05, 3.63) is 69.4 Å². The van der Waals surface area contributed by atoms with Gasteiger partial charge >= 0.3 is 0 Å². The van der Waals surface area contributed by atoms with Gasteiger partial charge in [0.1, 0.15) is 11.1 Å². The lowest BCUT2D eigenvalue weighted by Crippen LogP contribution is -2.12. The zero-order chi connectivity index (χ0) is 17.2. The standard InChI is InChI=1S/C16H14BrFO4S/c1-2-15(23(20,21)22)11-5-8-13(14(17)9-11)16(19)10-3-6-12(18)7-4-10/h3-9,15H,2H2,1H3,(H,20,21,22). The number of ketones is 1. The molecule has 1 unspecified atom stereocenters. The number of carbonyl (C=O) groups excluding carboxylic acids is 1. The molecule has 0 aliphatic carbocycles. The van der Waals surface area contributed by atoms with E-state index in [9.17, 15) is 22.2 Å². The SMILES string of the molecule is CCC(c1ccc(C(=O)c2ccc(F)cc2)c(Br)c1)S(=O)(=O)O. The van der Waals surface area contributed by atoms with Crippen molar-refractivity contribution in [2.45, 2.75) is 18.6 Å². The van der Waals surface area contributed by atoms with Crippen LogP contribution in [0.4, 0.5) is 4.39 Å². The summed E-state index contributed by atoms with van der Waals surface area (Å²) in [5.41, 5.74) is 1.03. The van der Waals surface area contributed by atoms with Crippen LogP contribution in [0.1, 0.15) is 40.1 Å². The van der Waals surface area contributed by atoms with Gasteiger partial charge < -0.3 is 0 Å². The third-order valence-corrected chi connectivity index (χ3v) is 5.43. The maximum atomic E-state index is 12.9. The maximum Gasteiger partial charge on any atom is 0.271 e. The highest BCUT2D eigenvalue weighted by molar-refractivity contribution is 9.10. The third-order valence-electron chi connectivity index (χ3n) is 3.45. The van der Waals surface area contributed by atoms with Crippen molar-refractivity contribution in [2.24, 2.45) is 0 Å². The van der Waals surface area contributed by atoms with E-state index in [0.29, 0.717) is 21.2 Å². The molecule has 122 valence electrons. The van der Waals surface area contributed by atoms with Gasteiger partial charge in [-0.2, -0.15) is 8.42 Å². The van der Waals surface area contributed by atoms with E-state index >= 15 is 0 Å². The van der Waals surface area contributed by atoms with Crippen LogP contribution in [-0.2, 0) is 10.1 Å². The fourth-order valence-corrected chi connectivity index (χ4v) is 3.78. The highest BCUT2D eigenvalue weighted by Gasteiger charge is 2.24. The van der Waals surface area contributed by atoms with Gasteiger partial charge in [-0.3, -0.25) is 9.35 Å². The minimum atomic E-state index is -4.22. The van der Waals surface area contributed by atoms with Gasteiger partial charge in [0.05, 0.1) is 0 Å². The maximum absolute atomic E-state index is 12.9. The molecule has 0 radical (unpaired) electrons. The lowest BCUT2D eigenvalue weighted by atomic mass is 10.0. The van der Waals surface area contributed by atoms with Crippen LogP contribution in [0.3, 0.4) is 0 Å². The summed E-state index contributed by atoms with van der Waals surface area (Å²) in [6.45, 7) is 1.64. The Hall–Kier alpha value is -1.57. The smallest absolute Gasteiger partial charge is 0.271 e. The summed E-state index contributed by atoms with van der Waals surface area (Å²) >= 11 is 3.25. The predicted octanol–water partition coefficient (Wildman–Crippen LogP) is 4.16. The summed E-state index contributed by atoms with van der Waals surface area (Å²) in [5.74, 6) is -0.752. The van der Waals surface area contributed by atoms with E-state index in [1.54, 1.807) is 6.92 Å². The lowest BCUT2D eigenvalue weighted by molar-refractivity contribution is 0.103. The predicted molar refractivity (Wildman–Crippen MR) is 88.6 cm³/mol. The van der Waals surface area contributed by atoms with E-state index in [1.165, 1.54) is 42.5 Å². The van der Waals surface area contributed by atoms with Crippen molar-refractivity contribution < 1.29 is 22.2 Å². The molecule has 2 rings (SSSR count). The number of carbonyl (C=O) groups is 1. The molecule has 4 nitrogen and oxygen atoms in total. The van der Waals surface area contributed by atoms with Gasteiger partial charge in [-0.05, 0) is 48.4 Å². The van der Waals surface area contributed by atoms with Crippen molar-refractivity contribution in [3.63, 3.8) is 0 Å². The lowest BCUT2D eigenvalue weighted by Gasteiger charge is -2.13. The van der Waals surface area contributed by atoms with Crippen LogP contribution in [0.2, 0.25) is 0 Å². The molecule has 0 bridgehead atoms. The van der Waals surface area contributed by atoms with E-state index in [4.69, 9.17) is 0 Å². The van der Waals surface area contributed by atoms with Crippen LogP contribution in [0, 0.1) is 5.82 Å². The van der Waals surface area contributed by atoms with Gasteiger partial charge in [0.25, 0.3) is 10.1 Å². The molecule has 0 spiro atoms. The Morgan fingerprint density at radius 2 is 1.83 bits per heavy atom. The first-order valence-electron chi connectivity index (χ1n) is 6.80. The van der Waals surface area contributed by atoms with Gasteiger partial charge in [-0.1, -0.05) is 28.9 Å². The molecule has 7 heteroatoms. The zero-order valence-electron chi connectivity index (χ0n) is 12.2. The second kappa shape index (κ2) is 6.90. The summed E-state index contributed by atoms with van der Waals surface area (Å²) in [6, 6.07) is 9.62. The van der Waals surface area contributed by atoms with Crippen molar-refractivity contribution in [2.75, 3.05) is 0 Å². The summed E-state index contributed by atoms with van der Waals surface area (Å²) in [6.07, 6.45) is 0.205. The second-order valence-electron chi connectivity index (χ2n) is 4.99. The van der Waals surface area contributed by atoms with Crippen LogP contribution in [-0.4, -0.2) is 18.8 Å². The zero-order valence-corrected chi connectivity index (χ0v) is 14.6. The van der Waals surface area contributed by atoms with Crippen molar-refractivity contribution >= 4 is 31.8 Å². The molecule has 0 aromatic heterocycles. The minimum absolute atomic E-state index is 0.205. The average molecular weight is 401 g/mol. The van der Waals surface area contributed by atoms with Gasteiger partial charge in [0.15, 0.2) is 5.78 Å². The first kappa shape index (κ1) is 17.8. The van der Waals surface area contributed by atoms with Crippen LogP contribution in [0.15, 0.2) is 46.9 Å². The second-order valence-corrected chi connectivity index (χ2v) is 7.44. The Kier molecular flexibility index (Phi) is 5.33. The van der Waals surface area contributed by atoms with E-state index in [1.807, 2.05) is 0 Å². The molecule has 2 aromatic rings. The van der Waals surface area contributed by atoms with Crippen LogP contribution in [0.5, 0.6) is 0 Å². The first-order chi connectivity index (χ1) is 10.7. The number of rotatable bonds is 5. The highest BCUT2D eigenvalue weighted by atomic mass is 79.9. The normalized spacial score (nSPS) is 12.9. The van der Waals surface area contributed by atoms with Gasteiger partial charge in [0.2, 0.25) is 0 Å². The quantitative estimate of drug-likeness (QED) is 0.604. The summed E-state index contributed by atoms with van der Waals surface area (Å²) in [4.78, 5) is 12.4. The Labute approximate surface area is 142 Å². The van der Waals surface area contributed by atoms with Gasteiger partial charge in [0, 0.05) is 15.6 Å². The third kappa shape index (κ3) is 4.04. The molecular weight excluding hydrogens is 387 g/mol. The molecule has 0 aliphatic heterocycles. The Morgan fingerprint density at radius 1 is 1.22 bits per heavy atom. The fraction of sp³-hybridized carbons (Fsp3) is 0.188. The molecule has 0 aliphatic rings. The summed E-state index contributed by atoms with van der Waals surface area (Å²) < 4.78 is 45.4. The van der Waals surface area contributed by atoms with Crippen LogP contribution in [0.25, 0.3) is 0 Å². The monoisotopic (exact) mass is 400 g/mol. The topological polar surface area (TPSA) is 71.4 Å². The minimum Gasteiger partial charge on any atom is -0.289 e. The molecule has 2 aromatic carbocycles. The summed E-state index contributed by atoms with van der Waals surface area (Å²) in [7, 11) is -4.22. The number of hydrogen-bond acceptors (Lipinski definition) is 3. The molecule has 0 amide bonds. The Morgan fingerprint density at radius 3 is 2.30 bits per heavy atom. The van der Waals surface area contributed by atoms with Crippen molar-refractivity contribution in [3.8, 4) is 0 Å². The number of hydrogen-bond donors (Lipinski definition) is 1. The van der Waals surface area contributed by atoms with Crippen LogP contribution < -0.4 is 0 Å².